The molecular formula is C13H14N2O. The number of rotatable bonds is 2. The molecule has 1 aliphatic heterocycles. The van der Waals surface area contributed by atoms with Gasteiger partial charge < -0.3 is 9.72 Å². The fraction of sp³-hybridized carbons (Fsp3) is 0.308. The molecular weight excluding hydrogens is 200 g/mol. The third-order valence-electron chi connectivity index (χ3n) is 3.21. The molecule has 0 amide bonds. The van der Waals surface area contributed by atoms with E-state index in [1.54, 1.807) is 6.33 Å². The molecule has 16 heavy (non-hydrogen) atoms. The minimum absolute atomic E-state index is 0.322. The normalized spacial score (nSPS) is 15.6. The van der Waals surface area contributed by atoms with Crippen molar-refractivity contribution < 1.29 is 4.74 Å². The number of imidazole rings is 1. The van der Waals surface area contributed by atoms with E-state index in [1.165, 1.54) is 11.1 Å². The Labute approximate surface area is 94.5 Å². The summed E-state index contributed by atoms with van der Waals surface area (Å²) in [6.45, 7) is 2.99. The van der Waals surface area contributed by atoms with Crippen LogP contribution in [0.15, 0.2) is 30.7 Å². The number of nitrogens with zero attached hydrogens (tertiary/aromatic N) is 1. The zero-order valence-electron chi connectivity index (χ0n) is 9.23. The van der Waals surface area contributed by atoms with Gasteiger partial charge in [0.2, 0.25) is 0 Å². The number of aromatic nitrogens is 2. The summed E-state index contributed by atoms with van der Waals surface area (Å²) in [6, 6.07) is 6.28. The summed E-state index contributed by atoms with van der Waals surface area (Å²) in [4.78, 5) is 7.33. The molecule has 0 bridgehead atoms. The number of ether oxygens (including phenoxy) is 1. The Balaban J connectivity index is 2.04. The van der Waals surface area contributed by atoms with E-state index in [2.05, 4.69) is 29.0 Å². The van der Waals surface area contributed by atoms with Crippen LogP contribution in [0.3, 0.4) is 0 Å². The highest BCUT2D eigenvalue weighted by atomic mass is 16.5. The van der Waals surface area contributed by atoms with Crippen molar-refractivity contribution >= 4 is 0 Å². The van der Waals surface area contributed by atoms with Crippen LogP contribution in [0.25, 0.3) is 0 Å². The van der Waals surface area contributed by atoms with Crippen LogP contribution >= 0.6 is 0 Å². The first-order valence-corrected chi connectivity index (χ1v) is 5.59. The Hall–Kier alpha value is -1.77. The summed E-state index contributed by atoms with van der Waals surface area (Å²) < 4.78 is 5.58. The van der Waals surface area contributed by atoms with Crippen LogP contribution < -0.4 is 4.74 Å². The van der Waals surface area contributed by atoms with Crippen molar-refractivity contribution in [3.8, 4) is 5.75 Å². The zero-order chi connectivity index (χ0) is 11.0. The third kappa shape index (κ3) is 1.40. The number of fused-ring (bicyclic) bond motifs is 1. The van der Waals surface area contributed by atoms with Gasteiger partial charge in [-0.2, -0.15) is 0 Å². The number of nitrogens with one attached hydrogen (secondary N) is 1. The van der Waals surface area contributed by atoms with Gasteiger partial charge >= 0.3 is 0 Å². The molecule has 2 aromatic rings. The average molecular weight is 214 g/mol. The number of hydrogen-bond donors (Lipinski definition) is 1. The van der Waals surface area contributed by atoms with E-state index in [4.69, 9.17) is 4.74 Å². The molecule has 82 valence electrons. The highest BCUT2D eigenvalue weighted by Crippen LogP contribution is 2.34. The summed E-state index contributed by atoms with van der Waals surface area (Å²) in [6.07, 6.45) is 4.70. The highest BCUT2D eigenvalue weighted by molar-refractivity contribution is 5.46. The maximum absolute atomic E-state index is 5.58. The lowest BCUT2D eigenvalue weighted by molar-refractivity contribution is 0.357. The largest absolute Gasteiger partial charge is 0.493 e. The quantitative estimate of drug-likeness (QED) is 0.834. The lowest BCUT2D eigenvalue weighted by atomic mass is 9.92. The molecule has 3 heteroatoms. The summed E-state index contributed by atoms with van der Waals surface area (Å²) in [5.41, 5.74) is 3.76. The number of hydrogen-bond acceptors (Lipinski definition) is 2. The van der Waals surface area contributed by atoms with Gasteiger partial charge in [-0.3, -0.25) is 0 Å². The average Bonchev–Trinajstić information content (AvgIpc) is 2.98. The van der Waals surface area contributed by atoms with Crippen molar-refractivity contribution in [1.29, 1.82) is 0 Å². The van der Waals surface area contributed by atoms with Gasteiger partial charge in [-0.1, -0.05) is 19.1 Å². The van der Waals surface area contributed by atoms with E-state index in [1.807, 2.05) is 12.3 Å². The maximum Gasteiger partial charge on any atom is 0.122 e. The Bertz CT molecular complexity index is 491. The molecule has 1 aromatic carbocycles. The van der Waals surface area contributed by atoms with Crippen LogP contribution in [0.4, 0.5) is 0 Å². The van der Waals surface area contributed by atoms with Crippen LogP contribution in [0.5, 0.6) is 5.75 Å². The van der Waals surface area contributed by atoms with E-state index in [9.17, 15) is 0 Å². The van der Waals surface area contributed by atoms with E-state index in [-0.39, 0.29) is 0 Å². The highest BCUT2D eigenvalue weighted by Gasteiger charge is 2.20. The molecule has 1 unspecified atom stereocenters. The molecule has 0 aliphatic carbocycles. The first-order valence-electron chi connectivity index (χ1n) is 5.59. The summed E-state index contributed by atoms with van der Waals surface area (Å²) >= 11 is 0. The number of H-pyrrole nitrogens is 1. The lowest BCUT2D eigenvalue weighted by Gasteiger charge is -2.12. The fourth-order valence-corrected chi connectivity index (χ4v) is 2.32. The van der Waals surface area contributed by atoms with E-state index < -0.39 is 0 Å². The van der Waals surface area contributed by atoms with E-state index in [0.29, 0.717) is 5.92 Å². The van der Waals surface area contributed by atoms with Gasteiger partial charge in [-0.25, -0.2) is 4.98 Å². The van der Waals surface area contributed by atoms with Gasteiger partial charge in [0.1, 0.15) is 5.75 Å². The van der Waals surface area contributed by atoms with Crippen molar-refractivity contribution in [1.82, 2.24) is 9.97 Å². The van der Waals surface area contributed by atoms with Crippen molar-refractivity contribution in [2.45, 2.75) is 19.3 Å². The van der Waals surface area contributed by atoms with Crippen molar-refractivity contribution in [2.75, 3.05) is 6.61 Å². The predicted octanol–water partition coefficient (Wildman–Crippen LogP) is 2.50. The second-order valence-corrected chi connectivity index (χ2v) is 4.14. The minimum atomic E-state index is 0.322. The summed E-state index contributed by atoms with van der Waals surface area (Å²) in [5, 5.41) is 0. The Morgan fingerprint density at radius 2 is 2.38 bits per heavy atom. The molecule has 1 atom stereocenters. The Kier molecular flexibility index (Phi) is 2.17. The molecule has 1 N–H and O–H groups in total. The molecule has 1 aromatic heterocycles. The second kappa shape index (κ2) is 3.67. The van der Waals surface area contributed by atoms with Crippen LogP contribution in [0, 0.1) is 0 Å². The fourth-order valence-electron chi connectivity index (χ4n) is 2.32. The van der Waals surface area contributed by atoms with Crippen molar-refractivity contribution in [2.24, 2.45) is 0 Å². The second-order valence-electron chi connectivity index (χ2n) is 4.14. The predicted molar refractivity (Wildman–Crippen MR) is 61.7 cm³/mol. The van der Waals surface area contributed by atoms with Crippen molar-refractivity contribution in [3.05, 3.63) is 47.5 Å². The van der Waals surface area contributed by atoms with Gasteiger partial charge in [0, 0.05) is 24.1 Å². The molecule has 1 aliphatic rings. The standard InChI is InChI=1S/C13H14N2O/c1-9(12-7-14-8-15-12)10-3-2-4-13-11(10)5-6-16-13/h2-4,7-9H,5-6H2,1H3,(H,14,15). The maximum atomic E-state index is 5.58. The van der Waals surface area contributed by atoms with E-state index in [0.717, 1.165) is 24.5 Å². The smallest absolute Gasteiger partial charge is 0.122 e. The first kappa shape index (κ1) is 9.46. The van der Waals surface area contributed by atoms with Gasteiger partial charge in [0.25, 0.3) is 0 Å². The molecule has 0 spiro atoms. The topological polar surface area (TPSA) is 37.9 Å². The molecule has 3 rings (SSSR count). The molecule has 0 radical (unpaired) electrons. The Morgan fingerprint density at radius 3 is 3.19 bits per heavy atom. The SMILES string of the molecule is CC(c1c[nH]cn1)c1cccc2c1CCO2. The summed E-state index contributed by atoms with van der Waals surface area (Å²) in [5.74, 6) is 1.36. The van der Waals surface area contributed by atoms with E-state index >= 15 is 0 Å². The molecule has 0 saturated heterocycles. The first-order chi connectivity index (χ1) is 7.86. The minimum Gasteiger partial charge on any atom is -0.493 e. The van der Waals surface area contributed by atoms with Crippen LogP contribution in [0.2, 0.25) is 0 Å². The molecule has 0 fully saturated rings. The number of aromatic amines is 1. The van der Waals surface area contributed by atoms with Gasteiger partial charge in [0.05, 0.1) is 18.6 Å². The van der Waals surface area contributed by atoms with Crippen LogP contribution in [-0.2, 0) is 6.42 Å². The van der Waals surface area contributed by atoms with Crippen molar-refractivity contribution in [3.63, 3.8) is 0 Å². The molecule has 3 nitrogen and oxygen atoms in total. The zero-order valence-corrected chi connectivity index (χ0v) is 9.23. The van der Waals surface area contributed by atoms with Gasteiger partial charge in [0.15, 0.2) is 0 Å². The van der Waals surface area contributed by atoms with Crippen LogP contribution in [0.1, 0.15) is 29.7 Å². The molecule has 0 saturated carbocycles. The van der Waals surface area contributed by atoms with Gasteiger partial charge in [-0.15, -0.1) is 0 Å². The van der Waals surface area contributed by atoms with Gasteiger partial charge in [-0.05, 0) is 11.6 Å². The third-order valence-corrected chi connectivity index (χ3v) is 3.21. The lowest BCUT2D eigenvalue weighted by Crippen LogP contribution is -2.00. The van der Waals surface area contributed by atoms with Crippen LogP contribution in [-0.4, -0.2) is 16.6 Å². The number of benzene rings is 1. The Morgan fingerprint density at radius 1 is 1.44 bits per heavy atom. The molecule has 2 heterocycles. The summed E-state index contributed by atoms with van der Waals surface area (Å²) in [7, 11) is 0. The monoisotopic (exact) mass is 214 g/mol.